The van der Waals surface area contributed by atoms with Gasteiger partial charge in [0.05, 0.1) is 0 Å². The summed E-state index contributed by atoms with van der Waals surface area (Å²) in [5.41, 5.74) is 0. The van der Waals surface area contributed by atoms with Gasteiger partial charge in [-0.25, -0.2) is 5.90 Å². The SMILES string of the molecule is NO.[Cl-].[K+]. The molecule has 0 bridgehead atoms. The summed E-state index contributed by atoms with van der Waals surface area (Å²) >= 11 is 0. The monoisotopic (exact) mass is 107 g/mol. The van der Waals surface area contributed by atoms with Gasteiger partial charge in [-0.3, -0.25) is 0 Å². The predicted octanol–water partition coefficient (Wildman–Crippen LogP) is -6.66. The molecule has 0 saturated carbocycles. The topological polar surface area (TPSA) is 46.2 Å². The van der Waals surface area contributed by atoms with Gasteiger partial charge in [-0.05, 0) is 0 Å². The van der Waals surface area contributed by atoms with Crippen molar-refractivity contribution < 1.29 is 69.0 Å². The normalized spacial score (nSPS) is 1.50. The largest absolute Gasteiger partial charge is 1.00 e. The summed E-state index contributed by atoms with van der Waals surface area (Å²) in [5, 5.41) is 6.50. The van der Waals surface area contributed by atoms with Gasteiger partial charge in [-0.15, -0.1) is 0 Å². The molecule has 0 saturated heterocycles. The van der Waals surface area contributed by atoms with Crippen molar-refractivity contribution >= 4 is 0 Å². The molecule has 2 nitrogen and oxygen atoms in total. The summed E-state index contributed by atoms with van der Waals surface area (Å²) in [6.45, 7) is 0. The van der Waals surface area contributed by atoms with Crippen LogP contribution in [-0.4, -0.2) is 5.21 Å². The van der Waals surface area contributed by atoms with Crippen molar-refractivity contribution in [2.75, 3.05) is 0 Å². The van der Waals surface area contributed by atoms with Crippen LogP contribution in [0.3, 0.4) is 0 Å². The van der Waals surface area contributed by atoms with Gasteiger partial charge in [0.15, 0.2) is 0 Å². The van der Waals surface area contributed by atoms with Gasteiger partial charge in [0.2, 0.25) is 0 Å². The molecule has 0 rings (SSSR count). The Morgan fingerprint density at radius 2 is 1.25 bits per heavy atom. The minimum Gasteiger partial charge on any atom is -1.00 e. The van der Waals surface area contributed by atoms with Crippen LogP contribution in [0.5, 0.6) is 0 Å². The molecule has 4 heavy (non-hydrogen) atoms. The number of rotatable bonds is 0. The average Bonchev–Trinajstić information content (AvgIpc) is 1.00. The van der Waals surface area contributed by atoms with E-state index in [1.807, 2.05) is 0 Å². The predicted molar refractivity (Wildman–Crippen MR) is 5.97 cm³/mol. The maximum absolute atomic E-state index is 6.50. The molecule has 0 radical (unpaired) electrons. The van der Waals surface area contributed by atoms with Gasteiger partial charge in [-0.2, -0.15) is 0 Å². The van der Waals surface area contributed by atoms with Gasteiger partial charge < -0.3 is 17.6 Å². The third kappa shape index (κ3) is 9.14. The molecule has 4 heteroatoms. The summed E-state index contributed by atoms with van der Waals surface area (Å²) < 4.78 is 0. The number of hydrogen-bond acceptors (Lipinski definition) is 2. The van der Waals surface area contributed by atoms with E-state index in [0.717, 1.165) is 0 Å². The van der Waals surface area contributed by atoms with Crippen molar-refractivity contribution in [1.29, 1.82) is 0 Å². The summed E-state index contributed by atoms with van der Waals surface area (Å²) in [4.78, 5) is 0. The molecule has 0 aliphatic rings. The van der Waals surface area contributed by atoms with Crippen LogP contribution in [0.1, 0.15) is 0 Å². The van der Waals surface area contributed by atoms with Crippen molar-refractivity contribution in [2.45, 2.75) is 0 Å². The Labute approximate surface area is 73.5 Å². The maximum atomic E-state index is 6.50. The Morgan fingerprint density at radius 1 is 1.25 bits per heavy atom. The second-order valence-corrected chi connectivity index (χ2v) is 0. The fourth-order valence-electron chi connectivity index (χ4n) is 0. The van der Waals surface area contributed by atoms with E-state index in [1.165, 1.54) is 0 Å². The Bertz CT molecular complexity index is 8.00. The summed E-state index contributed by atoms with van der Waals surface area (Å²) in [7, 11) is 0. The molecule has 0 unspecified atom stereocenters. The van der Waals surface area contributed by atoms with Gasteiger partial charge in [0.25, 0.3) is 0 Å². The molecule has 0 heterocycles. The summed E-state index contributed by atoms with van der Waals surface area (Å²) in [6, 6.07) is 0. The Kier molecular flexibility index (Phi) is 89.1. The van der Waals surface area contributed by atoms with E-state index in [-0.39, 0.29) is 63.8 Å². The van der Waals surface area contributed by atoms with E-state index in [9.17, 15) is 0 Å². The zero-order valence-electron chi connectivity index (χ0n) is 2.40. The van der Waals surface area contributed by atoms with Crippen LogP contribution in [0, 0.1) is 0 Å². The molecule has 0 aromatic carbocycles. The molecule has 0 aliphatic carbocycles. The first-order chi connectivity index (χ1) is 1.00. The van der Waals surface area contributed by atoms with Crippen LogP contribution in [-0.2, 0) is 0 Å². The first-order valence-corrected chi connectivity index (χ1v) is 0.258. The van der Waals surface area contributed by atoms with E-state index in [2.05, 4.69) is 5.90 Å². The van der Waals surface area contributed by atoms with Gasteiger partial charge in [0.1, 0.15) is 0 Å². The molecule has 0 amide bonds. The second-order valence-electron chi connectivity index (χ2n) is 0. The second kappa shape index (κ2) is 21.0. The van der Waals surface area contributed by atoms with Crippen LogP contribution in [0.2, 0.25) is 0 Å². The standard InChI is InChI=1S/ClH.K.H3NO/c;;1-2/h1H;;2H,1H2/q;+1;/p-1. The molecular formula is H3ClKNO. The van der Waals surface area contributed by atoms with Crippen LogP contribution in [0.4, 0.5) is 0 Å². The average molecular weight is 108 g/mol. The van der Waals surface area contributed by atoms with Crippen LogP contribution in [0.15, 0.2) is 0 Å². The third-order valence-corrected chi connectivity index (χ3v) is 0. The Morgan fingerprint density at radius 3 is 1.25 bits per heavy atom. The van der Waals surface area contributed by atoms with Crippen molar-refractivity contribution in [2.24, 2.45) is 5.90 Å². The number of halogens is 1. The number of hydrogen-bond donors (Lipinski definition) is 2. The molecule has 0 fully saturated rings. The Balaban J connectivity index is -0.00000000500. The minimum absolute atomic E-state index is 0. The van der Waals surface area contributed by atoms with Crippen molar-refractivity contribution in [3.63, 3.8) is 0 Å². The van der Waals surface area contributed by atoms with E-state index >= 15 is 0 Å². The zero-order chi connectivity index (χ0) is 2.00. The molecule has 0 aromatic heterocycles. The fourth-order valence-corrected chi connectivity index (χ4v) is 0. The van der Waals surface area contributed by atoms with Crippen LogP contribution in [0.25, 0.3) is 0 Å². The first kappa shape index (κ1) is 16.9. The quantitative estimate of drug-likeness (QED) is 0.239. The fraction of sp³-hybridized carbons (Fsp3) is 0. The van der Waals surface area contributed by atoms with E-state index in [1.54, 1.807) is 0 Å². The smallest absolute Gasteiger partial charge is 1.00 e. The van der Waals surface area contributed by atoms with Gasteiger partial charge in [-0.1, -0.05) is 0 Å². The van der Waals surface area contributed by atoms with Gasteiger partial charge >= 0.3 is 51.4 Å². The van der Waals surface area contributed by atoms with E-state index in [4.69, 9.17) is 5.21 Å². The Hall–Kier alpha value is 1.85. The molecule has 0 spiro atoms. The van der Waals surface area contributed by atoms with Crippen LogP contribution >= 0.6 is 0 Å². The van der Waals surface area contributed by atoms with Crippen molar-refractivity contribution in [3.05, 3.63) is 0 Å². The first-order valence-electron chi connectivity index (χ1n) is 0.258. The van der Waals surface area contributed by atoms with Crippen molar-refractivity contribution in [1.82, 2.24) is 0 Å². The molecule has 0 aromatic rings. The minimum atomic E-state index is 0. The number of nitrogens with two attached hydrogens (primary N) is 1. The third-order valence-electron chi connectivity index (χ3n) is 0. The summed E-state index contributed by atoms with van der Waals surface area (Å²) in [6.07, 6.45) is 0. The van der Waals surface area contributed by atoms with E-state index in [0.29, 0.717) is 0 Å². The maximum Gasteiger partial charge on any atom is 1.00 e. The molecule has 0 atom stereocenters. The van der Waals surface area contributed by atoms with E-state index < -0.39 is 0 Å². The summed E-state index contributed by atoms with van der Waals surface area (Å²) in [5.74, 6) is 3.50. The molecule has 22 valence electrons. The molecular weight excluding hydrogens is 105 g/mol. The molecule has 3 N–H and O–H groups in total. The van der Waals surface area contributed by atoms with Crippen LogP contribution < -0.4 is 69.7 Å². The molecule has 0 aliphatic heterocycles. The zero-order valence-corrected chi connectivity index (χ0v) is 6.28. The van der Waals surface area contributed by atoms with Gasteiger partial charge in [0, 0.05) is 0 Å². The van der Waals surface area contributed by atoms with Crippen molar-refractivity contribution in [3.8, 4) is 0 Å².